The zero-order chi connectivity index (χ0) is 16.9. The number of halogens is 1. The van der Waals surface area contributed by atoms with E-state index >= 15 is 0 Å². The lowest BCUT2D eigenvalue weighted by Crippen LogP contribution is -2.40. The third-order valence-corrected chi connectivity index (χ3v) is 6.34. The molecule has 1 aromatic rings. The van der Waals surface area contributed by atoms with Gasteiger partial charge in [0, 0.05) is 19.6 Å². The highest BCUT2D eigenvalue weighted by atomic mass is 32.2. The Morgan fingerprint density at radius 2 is 1.74 bits per heavy atom. The Balaban J connectivity index is 2.22. The standard InChI is InChI=1S/C17H27FN2O2S/c1-19(2)12-13-20(14-15-8-4-3-5-9-15)23(21,22)17-11-7-6-10-16(17)18/h6-7,10-11,15H,3-5,8-9,12-14H2,1-2H3. The molecule has 0 aromatic heterocycles. The topological polar surface area (TPSA) is 40.6 Å². The second-order valence-corrected chi connectivity index (χ2v) is 8.51. The molecule has 130 valence electrons. The maximum atomic E-state index is 14.0. The molecule has 0 heterocycles. The van der Waals surface area contributed by atoms with Gasteiger partial charge in [-0.1, -0.05) is 31.4 Å². The normalized spacial score (nSPS) is 17.1. The summed E-state index contributed by atoms with van der Waals surface area (Å²) in [5.74, 6) is -0.293. The van der Waals surface area contributed by atoms with Crippen molar-refractivity contribution in [2.75, 3.05) is 33.7 Å². The van der Waals surface area contributed by atoms with Crippen LogP contribution in [0.3, 0.4) is 0 Å². The van der Waals surface area contributed by atoms with E-state index in [9.17, 15) is 12.8 Å². The summed E-state index contributed by atoms with van der Waals surface area (Å²) in [6.07, 6.45) is 5.67. The molecule has 0 amide bonds. The van der Waals surface area contributed by atoms with E-state index in [4.69, 9.17) is 0 Å². The molecule has 23 heavy (non-hydrogen) atoms. The Kier molecular flexibility index (Phi) is 6.56. The zero-order valence-corrected chi connectivity index (χ0v) is 14.9. The number of hydrogen-bond acceptors (Lipinski definition) is 3. The maximum Gasteiger partial charge on any atom is 0.246 e. The van der Waals surface area contributed by atoms with Crippen LogP contribution in [0.4, 0.5) is 4.39 Å². The van der Waals surface area contributed by atoms with Gasteiger partial charge in [-0.25, -0.2) is 12.8 Å². The second kappa shape index (κ2) is 8.22. The van der Waals surface area contributed by atoms with E-state index in [1.54, 1.807) is 6.07 Å². The zero-order valence-electron chi connectivity index (χ0n) is 14.0. The van der Waals surface area contributed by atoms with Crippen molar-refractivity contribution in [3.8, 4) is 0 Å². The van der Waals surface area contributed by atoms with Crippen LogP contribution in [0.15, 0.2) is 29.2 Å². The molecule has 0 radical (unpaired) electrons. The molecule has 6 heteroatoms. The van der Waals surface area contributed by atoms with E-state index in [1.807, 2.05) is 19.0 Å². The first-order valence-corrected chi connectivity index (χ1v) is 9.74. The van der Waals surface area contributed by atoms with Crippen molar-refractivity contribution in [1.29, 1.82) is 0 Å². The third-order valence-electron chi connectivity index (χ3n) is 4.44. The van der Waals surface area contributed by atoms with Crippen LogP contribution >= 0.6 is 0 Å². The van der Waals surface area contributed by atoms with Gasteiger partial charge in [0.2, 0.25) is 10.0 Å². The van der Waals surface area contributed by atoms with Gasteiger partial charge in [0.1, 0.15) is 10.7 Å². The highest BCUT2D eigenvalue weighted by Gasteiger charge is 2.29. The molecule has 0 N–H and O–H groups in total. The predicted octanol–water partition coefficient (Wildman–Crippen LogP) is 2.96. The summed E-state index contributed by atoms with van der Waals surface area (Å²) < 4.78 is 41.3. The molecule has 0 saturated heterocycles. The van der Waals surface area contributed by atoms with Gasteiger partial charge in [0.25, 0.3) is 0 Å². The fraction of sp³-hybridized carbons (Fsp3) is 0.647. The number of benzene rings is 1. The van der Waals surface area contributed by atoms with Gasteiger partial charge in [-0.2, -0.15) is 4.31 Å². The molecule has 0 unspecified atom stereocenters. The van der Waals surface area contributed by atoms with E-state index in [0.29, 0.717) is 25.6 Å². The Morgan fingerprint density at radius 1 is 1.09 bits per heavy atom. The summed E-state index contributed by atoms with van der Waals surface area (Å²) in [6.45, 7) is 1.51. The largest absolute Gasteiger partial charge is 0.308 e. The predicted molar refractivity (Wildman–Crippen MR) is 90.3 cm³/mol. The van der Waals surface area contributed by atoms with Gasteiger partial charge in [0.15, 0.2) is 0 Å². The Bertz CT molecular complexity index is 598. The van der Waals surface area contributed by atoms with Crippen LogP contribution in [0.2, 0.25) is 0 Å². The number of sulfonamides is 1. The molecule has 4 nitrogen and oxygen atoms in total. The fourth-order valence-corrected chi connectivity index (χ4v) is 4.64. The number of rotatable bonds is 7. The van der Waals surface area contributed by atoms with Gasteiger partial charge in [-0.05, 0) is 45.0 Å². The Morgan fingerprint density at radius 3 is 2.35 bits per heavy atom. The number of nitrogens with zero attached hydrogens (tertiary/aromatic N) is 2. The van der Waals surface area contributed by atoms with Gasteiger partial charge in [-0.3, -0.25) is 0 Å². The first-order chi connectivity index (χ1) is 10.9. The fourth-order valence-electron chi connectivity index (χ4n) is 3.07. The minimum absolute atomic E-state index is 0.213. The second-order valence-electron chi connectivity index (χ2n) is 6.60. The lowest BCUT2D eigenvalue weighted by Gasteiger charge is -2.30. The summed E-state index contributed by atoms with van der Waals surface area (Å²) in [5, 5.41) is 0. The lowest BCUT2D eigenvalue weighted by atomic mass is 9.89. The highest BCUT2D eigenvalue weighted by Crippen LogP contribution is 2.27. The van der Waals surface area contributed by atoms with Crippen molar-refractivity contribution in [3.63, 3.8) is 0 Å². The summed E-state index contributed by atoms with van der Waals surface area (Å²) in [6, 6.07) is 5.65. The molecule has 1 aliphatic carbocycles. The van der Waals surface area contributed by atoms with Gasteiger partial charge in [-0.15, -0.1) is 0 Å². The van der Waals surface area contributed by atoms with Crippen LogP contribution in [0.25, 0.3) is 0 Å². The van der Waals surface area contributed by atoms with Crippen molar-refractivity contribution in [2.24, 2.45) is 5.92 Å². The van der Waals surface area contributed by atoms with Crippen LogP contribution in [0.5, 0.6) is 0 Å². The third kappa shape index (κ3) is 4.99. The highest BCUT2D eigenvalue weighted by molar-refractivity contribution is 7.89. The molecule has 1 aliphatic rings. The molecule has 2 rings (SSSR count). The van der Waals surface area contributed by atoms with E-state index in [2.05, 4.69) is 0 Å². The van der Waals surface area contributed by atoms with Crippen molar-refractivity contribution < 1.29 is 12.8 Å². The maximum absolute atomic E-state index is 14.0. The van der Waals surface area contributed by atoms with E-state index in [1.165, 1.54) is 28.9 Å². The molecule has 0 spiro atoms. The molecule has 1 fully saturated rings. The summed E-state index contributed by atoms with van der Waals surface area (Å²) in [4.78, 5) is 1.74. The molecule has 1 saturated carbocycles. The molecular weight excluding hydrogens is 315 g/mol. The number of hydrogen-bond donors (Lipinski definition) is 0. The van der Waals surface area contributed by atoms with Crippen molar-refractivity contribution in [2.45, 2.75) is 37.0 Å². The minimum Gasteiger partial charge on any atom is -0.308 e. The van der Waals surface area contributed by atoms with Crippen LogP contribution in [0, 0.1) is 11.7 Å². The van der Waals surface area contributed by atoms with E-state index < -0.39 is 15.8 Å². The molecule has 0 aliphatic heterocycles. The van der Waals surface area contributed by atoms with Gasteiger partial charge >= 0.3 is 0 Å². The summed E-state index contributed by atoms with van der Waals surface area (Å²) in [5.41, 5.74) is 0. The van der Waals surface area contributed by atoms with E-state index in [0.717, 1.165) is 25.7 Å². The van der Waals surface area contributed by atoms with Crippen LogP contribution < -0.4 is 0 Å². The van der Waals surface area contributed by atoms with Crippen molar-refractivity contribution in [3.05, 3.63) is 30.1 Å². The first kappa shape index (κ1) is 18.4. The first-order valence-electron chi connectivity index (χ1n) is 8.30. The Hall–Kier alpha value is -0.980. The monoisotopic (exact) mass is 342 g/mol. The van der Waals surface area contributed by atoms with Crippen molar-refractivity contribution >= 4 is 10.0 Å². The summed E-state index contributed by atoms with van der Waals surface area (Å²) in [7, 11) is 0.0273. The minimum atomic E-state index is -3.80. The molecule has 1 aromatic carbocycles. The smallest absolute Gasteiger partial charge is 0.246 e. The van der Waals surface area contributed by atoms with Gasteiger partial charge in [0.05, 0.1) is 0 Å². The van der Waals surface area contributed by atoms with Crippen LogP contribution in [0.1, 0.15) is 32.1 Å². The van der Waals surface area contributed by atoms with Crippen LogP contribution in [-0.4, -0.2) is 51.4 Å². The number of likely N-dealkylation sites (N-methyl/N-ethyl adjacent to an activating group) is 1. The van der Waals surface area contributed by atoms with Crippen molar-refractivity contribution in [1.82, 2.24) is 9.21 Å². The van der Waals surface area contributed by atoms with Crippen LogP contribution in [-0.2, 0) is 10.0 Å². The molecular formula is C17H27FN2O2S. The van der Waals surface area contributed by atoms with Gasteiger partial charge < -0.3 is 4.90 Å². The van der Waals surface area contributed by atoms with E-state index in [-0.39, 0.29) is 4.90 Å². The quantitative estimate of drug-likeness (QED) is 0.765. The molecule has 0 bridgehead atoms. The molecule has 0 atom stereocenters. The Labute approximate surface area is 139 Å². The SMILES string of the molecule is CN(C)CCN(CC1CCCCC1)S(=O)(=O)c1ccccc1F. The summed E-state index contributed by atoms with van der Waals surface area (Å²) >= 11 is 0. The average molecular weight is 342 g/mol. The lowest BCUT2D eigenvalue weighted by molar-refractivity contribution is 0.260. The average Bonchev–Trinajstić information content (AvgIpc) is 2.52.